The second-order valence-electron chi connectivity index (χ2n) is 6.65. The zero-order chi connectivity index (χ0) is 19.4. The Balaban J connectivity index is 2.07. The number of aromatic nitrogens is 2. The van der Waals surface area contributed by atoms with Crippen LogP contribution in [0.1, 0.15) is 27.8 Å². The number of nitrogens with zero attached hydrogens (tertiary/aromatic N) is 2. The molecule has 0 aliphatic heterocycles. The number of hydrogen-bond acceptors (Lipinski definition) is 1. The molecule has 0 bridgehead atoms. The lowest BCUT2D eigenvalue weighted by Gasteiger charge is -2.37. The Bertz CT molecular complexity index is 943. The van der Waals surface area contributed by atoms with Crippen LogP contribution in [0, 0.1) is 0 Å². The Morgan fingerprint density at radius 3 is 1.61 bits per heavy atom. The fourth-order valence-corrected chi connectivity index (χ4v) is 3.88. The van der Waals surface area contributed by atoms with Crippen LogP contribution in [-0.2, 0) is 5.54 Å². The fraction of sp³-hybridized carbons (Fsp3) is 0.0800. The quantitative estimate of drug-likeness (QED) is 0.220. The molecule has 0 saturated heterocycles. The summed E-state index contributed by atoms with van der Waals surface area (Å²) in [4.78, 5) is 4.59. The van der Waals surface area contributed by atoms with Crippen LogP contribution in [0.3, 0.4) is 0 Å². The molecule has 0 spiro atoms. The van der Waals surface area contributed by atoms with E-state index in [1.165, 1.54) is 0 Å². The van der Waals surface area contributed by atoms with Gasteiger partial charge in [-0.25, -0.2) is 4.98 Å². The molecule has 0 aliphatic rings. The molecule has 28 heavy (non-hydrogen) atoms. The van der Waals surface area contributed by atoms with E-state index in [0.29, 0.717) is 0 Å². The fourth-order valence-electron chi connectivity index (χ4n) is 3.77. The minimum Gasteiger partial charge on any atom is -0.319 e. The standard InChI is InChI=1S/C25H21ClN2/c1-2-23(26)24-18-28(19-27-24)25(20-12-6-3-7-13-20,21-14-8-4-9-15-21)22-16-10-5-11-17-22/h2-19,23H,1H2. The van der Waals surface area contributed by atoms with Crippen molar-refractivity contribution in [3.8, 4) is 0 Å². The van der Waals surface area contributed by atoms with E-state index in [2.05, 4.69) is 88.9 Å². The van der Waals surface area contributed by atoms with Crippen molar-refractivity contribution >= 4 is 11.6 Å². The number of rotatable bonds is 6. The first kappa shape index (κ1) is 18.3. The molecule has 0 saturated carbocycles. The van der Waals surface area contributed by atoms with Crippen LogP contribution >= 0.6 is 11.6 Å². The van der Waals surface area contributed by atoms with Crippen molar-refractivity contribution < 1.29 is 0 Å². The van der Waals surface area contributed by atoms with E-state index in [0.717, 1.165) is 22.4 Å². The molecule has 0 radical (unpaired) electrons. The average molecular weight is 385 g/mol. The molecule has 0 fully saturated rings. The molecular weight excluding hydrogens is 364 g/mol. The van der Waals surface area contributed by atoms with Gasteiger partial charge in [-0.1, -0.05) is 97.1 Å². The second-order valence-corrected chi connectivity index (χ2v) is 7.12. The Hall–Kier alpha value is -3.10. The van der Waals surface area contributed by atoms with Gasteiger partial charge in [0.15, 0.2) is 0 Å². The molecule has 4 aromatic rings. The first-order chi connectivity index (χ1) is 13.8. The van der Waals surface area contributed by atoms with Crippen molar-refractivity contribution in [2.24, 2.45) is 0 Å². The lowest BCUT2D eigenvalue weighted by Crippen LogP contribution is -2.36. The van der Waals surface area contributed by atoms with Gasteiger partial charge in [0.2, 0.25) is 0 Å². The third kappa shape index (κ3) is 3.06. The Labute approximate surface area is 170 Å². The van der Waals surface area contributed by atoms with Crippen LogP contribution in [0.2, 0.25) is 0 Å². The number of alkyl halides is 1. The van der Waals surface area contributed by atoms with Gasteiger partial charge >= 0.3 is 0 Å². The van der Waals surface area contributed by atoms with Gasteiger partial charge in [-0.05, 0) is 16.7 Å². The molecule has 3 aromatic carbocycles. The molecule has 1 heterocycles. The third-order valence-electron chi connectivity index (χ3n) is 5.05. The van der Waals surface area contributed by atoms with Crippen molar-refractivity contribution in [2.75, 3.05) is 0 Å². The first-order valence-electron chi connectivity index (χ1n) is 9.24. The Morgan fingerprint density at radius 1 is 0.786 bits per heavy atom. The number of imidazole rings is 1. The van der Waals surface area contributed by atoms with Crippen LogP contribution in [0.5, 0.6) is 0 Å². The molecule has 2 nitrogen and oxygen atoms in total. The van der Waals surface area contributed by atoms with E-state index < -0.39 is 5.54 Å². The van der Waals surface area contributed by atoms with Crippen molar-refractivity contribution in [3.63, 3.8) is 0 Å². The van der Waals surface area contributed by atoms with Crippen molar-refractivity contribution in [1.29, 1.82) is 0 Å². The van der Waals surface area contributed by atoms with Crippen LogP contribution in [0.25, 0.3) is 0 Å². The monoisotopic (exact) mass is 384 g/mol. The van der Waals surface area contributed by atoms with Gasteiger partial charge in [-0.15, -0.1) is 18.2 Å². The molecule has 1 aromatic heterocycles. The minimum atomic E-state index is -0.563. The van der Waals surface area contributed by atoms with E-state index in [4.69, 9.17) is 11.6 Å². The molecule has 1 unspecified atom stereocenters. The summed E-state index contributed by atoms with van der Waals surface area (Å²) in [5, 5.41) is -0.332. The van der Waals surface area contributed by atoms with E-state index in [1.54, 1.807) is 6.08 Å². The Kier molecular flexibility index (Phi) is 5.14. The maximum Gasteiger partial charge on any atom is 0.121 e. The minimum absolute atomic E-state index is 0.332. The van der Waals surface area contributed by atoms with Gasteiger partial charge in [0.25, 0.3) is 0 Å². The maximum atomic E-state index is 6.40. The molecule has 0 aliphatic carbocycles. The van der Waals surface area contributed by atoms with E-state index >= 15 is 0 Å². The average Bonchev–Trinajstić information content (AvgIpc) is 3.26. The van der Waals surface area contributed by atoms with Gasteiger partial charge in [-0.2, -0.15) is 0 Å². The lowest BCUT2D eigenvalue weighted by molar-refractivity contribution is 0.514. The van der Waals surface area contributed by atoms with E-state index in [1.807, 2.05) is 30.7 Å². The summed E-state index contributed by atoms with van der Waals surface area (Å²) in [7, 11) is 0. The van der Waals surface area contributed by atoms with Gasteiger partial charge in [0.05, 0.1) is 17.4 Å². The van der Waals surface area contributed by atoms with E-state index in [-0.39, 0.29) is 5.38 Å². The zero-order valence-corrected chi connectivity index (χ0v) is 16.2. The normalized spacial score (nSPS) is 12.5. The molecule has 0 N–H and O–H groups in total. The summed E-state index contributed by atoms with van der Waals surface area (Å²) < 4.78 is 2.15. The SMILES string of the molecule is C=CC(Cl)c1cn(C(c2ccccc2)(c2ccccc2)c2ccccc2)cn1. The summed E-state index contributed by atoms with van der Waals surface area (Å²) in [5.41, 5.74) is 3.68. The summed E-state index contributed by atoms with van der Waals surface area (Å²) in [5.74, 6) is 0. The molecule has 1 atom stereocenters. The lowest BCUT2D eigenvalue weighted by atomic mass is 9.77. The Morgan fingerprint density at radius 2 is 1.21 bits per heavy atom. The van der Waals surface area contributed by atoms with Crippen molar-refractivity contribution in [1.82, 2.24) is 9.55 Å². The van der Waals surface area contributed by atoms with E-state index in [9.17, 15) is 0 Å². The summed E-state index contributed by atoms with van der Waals surface area (Å²) in [6, 6.07) is 31.5. The second kappa shape index (κ2) is 7.87. The molecule has 4 rings (SSSR count). The molecule has 3 heteroatoms. The van der Waals surface area contributed by atoms with Crippen LogP contribution in [-0.4, -0.2) is 9.55 Å². The van der Waals surface area contributed by atoms with Crippen molar-refractivity contribution in [2.45, 2.75) is 10.9 Å². The molecule has 138 valence electrons. The van der Waals surface area contributed by atoms with Crippen molar-refractivity contribution in [3.05, 3.63) is 139 Å². The number of hydrogen-bond donors (Lipinski definition) is 0. The smallest absolute Gasteiger partial charge is 0.121 e. The summed E-state index contributed by atoms with van der Waals surface area (Å²) >= 11 is 6.40. The number of halogens is 1. The van der Waals surface area contributed by atoms with Crippen LogP contribution in [0.15, 0.2) is 116 Å². The zero-order valence-electron chi connectivity index (χ0n) is 15.4. The highest BCUT2D eigenvalue weighted by Crippen LogP contribution is 2.41. The summed E-state index contributed by atoms with van der Waals surface area (Å²) in [6.45, 7) is 3.80. The first-order valence-corrected chi connectivity index (χ1v) is 9.68. The van der Waals surface area contributed by atoms with Gasteiger partial charge in [0.1, 0.15) is 5.54 Å². The van der Waals surface area contributed by atoms with Gasteiger partial charge in [0, 0.05) is 6.20 Å². The topological polar surface area (TPSA) is 17.8 Å². The van der Waals surface area contributed by atoms with Crippen LogP contribution in [0.4, 0.5) is 0 Å². The maximum absolute atomic E-state index is 6.40. The third-order valence-corrected chi connectivity index (χ3v) is 5.46. The molecule has 0 amide bonds. The van der Waals surface area contributed by atoms with Gasteiger partial charge in [-0.3, -0.25) is 0 Å². The number of benzene rings is 3. The molecular formula is C25H21ClN2. The number of allylic oxidation sites excluding steroid dienone is 1. The summed E-state index contributed by atoms with van der Waals surface area (Å²) in [6.07, 6.45) is 5.58. The highest BCUT2D eigenvalue weighted by Gasteiger charge is 2.38. The predicted octanol–water partition coefficient (Wildman–Crippen LogP) is 6.19. The largest absolute Gasteiger partial charge is 0.319 e. The van der Waals surface area contributed by atoms with Gasteiger partial charge < -0.3 is 4.57 Å². The predicted molar refractivity (Wildman–Crippen MR) is 116 cm³/mol. The highest BCUT2D eigenvalue weighted by molar-refractivity contribution is 6.21. The highest BCUT2D eigenvalue weighted by atomic mass is 35.5. The van der Waals surface area contributed by atoms with Crippen LogP contribution < -0.4 is 0 Å².